The van der Waals surface area contributed by atoms with Gasteiger partial charge in [0.25, 0.3) is 0 Å². The maximum atomic E-state index is 10.6. The summed E-state index contributed by atoms with van der Waals surface area (Å²) >= 11 is 0. The zero-order valence-electron chi connectivity index (χ0n) is 24.4. The summed E-state index contributed by atoms with van der Waals surface area (Å²) in [5.74, 6) is -1.42. The van der Waals surface area contributed by atoms with Gasteiger partial charge in [-0.3, -0.25) is 0 Å². The zero-order chi connectivity index (χ0) is 30.7. The van der Waals surface area contributed by atoms with Crippen LogP contribution in [0.1, 0.15) is 79.1 Å². The van der Waals surface area contributed by atoms with E-state index in [9.17, 15) is 51.1 Å². The molecule has 1 rings (SSSR count). The summed E-state index contributed by atoms with van der Waals surface area (Å²) in [6.45, 7) is 6.27. The van der Waals surface area contributed by atoms with Crippen LogP contribution in [-0.2, 0) is 4.74 Å². The molecule has 2 unspecified atom stereocenters. The number of hydrogen-bond donors (Lipinski definition) is 11. The molecule has 0 aromatic carbocycles. The van der Waals surface area contributed by atoms with Crippen LogP contribution in [0.2, 0.25) is 0 Å². The van der Waals surface area contributed by atoms with Crippen molar-refractivity contribution in [3.63, 3.8) is 0 Å². The second-order valence-corrected chi connectivity index (χ2v) is 12.1. The minimum atomic E-state index is -1.58. The number of ether oxygens (including phenoxy) is 1. The molecule has 0 saturated carbocycles. The molecule has 1 saturated heterocycles. The molecule has 1 heterocycles. The predicted molar refractivity (Wildman–Crippen MR) is 146 cm³/mol. The first-order chi connectivity index (χ1) is 18.6. The van der Waals surface area contributed by atoms with Gasteiger partial charge in [-0.05, 0) is 51.4 Å². The molecule has 240 valence electrons. The van der Waals surface area contributed by atoms with Gasteiger partial charge in [-0.15, -0.1) is 0 Å². The van der Waals surface area contributed by atoms with Crippen LogP contribution in [-0.4, -0.2) is 136 Å². The minimum Gasteiger partial charge on any atom is -0.396 e. The highest BCUT2D eigenvalue weighted by molar-refractivity contribution is 4.86. The second-order valence-electron chi connectivity index (χ2n) is 12.1. The van der Waals surface area contributed by atoms with Crippen LogP contribution in [0.5, 0.6) is 0 Å². The highest BCUT2D eigenvalue weighted by atomic mass is 16.5. The monoisotopic (exact) mass is 584 g/mol. The summed E-state index contributed by atoms with van der Waals surface area (Å²) < 4.78 is 6.02. The van der Waals surface area contributed by atoms with Gasteiger partial charge in [0.1, 0.15) is 6.10 Å². The van der Waals surface area contributed by atoms with Crippen LogP contribution in [0, 0.1) is 17.8 Å². The topological polar surface area (TPSA) is 232 Å². The first kappa shape index (κ1) is 37.5. The van der Waals surface area contributed by atoms with E-state index in [-0.39, 0.29) is 50.7 Å². The third kappa shape index (κ3) is 12.4. The number of hydrogen-bond acceptors (Lipinski definition) is 12. The Labute approximate surface area is 237 Å². The highest BCUT2D eigenvalue weighted by Gasteiger charge is 2.36. The van der Waals surface area contributed by atoms with Gasteiger partial charge < -0.3 is 60.9 Å². The maximum Gasteiger partial charge on any atom is 0.106 e. The normalized spacial score (nSPS) is 29.3. The van der Waals surface area contributed by atoms with Crippen molar-refractivity contribution >= 4 is 0 Å². The molecule has 1 aliphatic heterocycles. The van der Waals surface area contributed by atoms with Crippen molar-refractivity contribution in [2.45, 2.75) is 152 Å². The first-order valence-corrected chi connectivity index (χ1v) is 14.7. The minimum absolute atomic E-state index is 0.0401. The van der Waals surface area contributed by atoms with E-state index in [2.05, 4.69) is 0 Å². The van der Waals surface area contributed by atoms with E-state index in [0.717, 1.165) is 12.8 Å². The average molecular weight is 585 g/mol. The van der Waals surface area contributed by atoms with Crippen molar-refractivity contribution < 1.29 is 60.9 Å². The van der Waals surface area contributed by atoms with Crippen LogP contribution in [0.3, 0.4) is 0 Å². The van der Waals surface area contributed by atoms with E-state index in [1.54, 1.807) is 0 Å². The number of aliphatic hydroxyl groups excluding tert-OH is 11. The third-order valence-electron chi connectivity index (χ3n) is 8.57. The quantitative estimate of drug-likeness (QED) is 0.0825. The number of aliphatic hydroxyl groups is 11. The van der Waals surface area contributed by atoms with Crippen molar-refractivity contribution in [2.24, 2.45) is 17.8 Å². The molecule has 12 nitrogen and oxygen atoms in total. The van der Waals surface area contributed by atoms with Gasteiger partial charge in [-0.2, -0.15) is 0 Å². The summed E-state index contributed by atoms with van der Waals surface area (Å²) in [5.41, 5.74) is 0. The largest absolute Gasteiger partial charge is 0.396 e. The summed E-state index contributed by atoms with van der Waals surface area (Å²) in [6, 6.07) is 0. The molecule has 0 aromatic heterocycles. The summed E-state index contributed by atoms with van der Waals surface area (Å²) in [5, 5.41) is 112. The standard InChI is InChI=1S/C28H56O12/c1-14-5-6-20(9-18(31)7-8-29)40-26(14)13-25(37)28(39)24(36)11-19(32)10-21(33)15(2)22(34)12-23(35)16(3)27(38)17(4)30/h14-39H,5-13H2,1-4H3/t14-,15-,16-,17?,18-,19+,20+,21+,22+,23+,24-,25?,26+,27-,28+/m0/s1. The Morgan fingerprint density at radius 2 is 1.18 bits per heavy atom. The Hall–Kier alpha value is -0.480. The molecule has 12 heteroatoms. The predicted octanol–water partition coefficient (Wildman–Crippen LogP) is -1.60. The lowest BCUT2D eigenvalue weighted by Crippen LogP contribution is -2.45. The van der Waals surface area contributed by atoms with Crippen molar-refractivity contribution in [1.29, 1.82) is 0 Å². The molecule has 0 amide bonds. The lowest BCUT2D eigenvalue weighted by Gasteiger charge is -2.37. The third-order valence-corrected chi connectivity index (χ3v) is 8.57. The molecule has 0 radical (unpaired) electrons. The molecule has 0 spiro atoms. The smallest absolute Gasteiger partial charge is 0.106 e. The lowest BCUT2D eigenvalue weighted by atomic mass is 9.85. The van der Waals surface area contributed by atoms with Crippen molar-refractivity contribution in [2.75, 3.05) is 6.61 Å². The van der Waals surface area contributed by atoms with Crippen LogP contribution in [0.4, 0.5) is 0 Å². The van der Waals surface area contributed by atoms with Crippen LogP contribution in [0.15, 0.2) is 0 Å². The summed E-state index contributed by atoms with van der Waals surface area (Å²) in [4.78, 5) is 0. The van der Waals surface area contributed by atoms with Crippen LogP contribution in [0.25, 0.3) is 0 Å². The fraction of sp³-hybridized carbons (Fsp3) is 1.00. The Bertz CT molecular complexity index is 669. The molecule has 40 heavy (non-hydrogen) atoms. The van der Waals surface area contributed by atoms with E-state index in [0.29, 0.717) is 6.42 Å². The van der Waals surface area contributed by atoms with Gasteiger partial charge in [-0.25, -0.2) is 0 Å². The van der Waals surface area contributed by atoms with Crippen LogP contribution < -0.4 is 0 Å². The Balaban J connectivity index is 2.55. The van der Waals surface area contributed by atoms with Gasteiger partial charge in [0.15, 0.2) is 0 Å². The van der Waals surface area contributed by atoms with E-state index >= 15 is 0 Å². The molecule has 1 fully saturated rings. The molecular weight excluding hydrogens is 528 g/mol. The van der Waals surface area contributed by atoms with Gasteiger partial charge >= 0.3 is 0 Å². The molecule has 11 N–H and O–H groups in total. The SMILES string of the molecule is CC(O)[C@@H](O)[C@@H](C)[C@H](O)C[C@@H](O)[C@@H](C)[C@H](O)C[C@@H](O)C[C@H](O)[C@@H](O)C(O)C[C@H]1O[C@@H](C[C@@H](O)CCO)CC[C@@H]1C. The highest BCUT2D eigenvalue weighted by Crippen LogP contribution is 2.31. The molecular formula is C28H56O12. The molecule has 1 aliphatic rings. The zero-order valence-corrected chi connectivity index (χ0v) is 24.4. The summed E-state index contributed by atoms with van der Waals surface area (Å²) in [6.07, 6.45) is -11.4. The van der Waals surface area contributed by atoms with Gasteiger partial charge in [-0.1, -0.05) is 20.8 Å². The molecule has 0 aromatic rings. The van der Waals surface area contributed by atoms with Gasteiger partial charge in [0.2, 0.25) is 0 Å². The lowest BCUT2D eigenvalue weighted by molar-refractivity contribution is -0.133. The molecule has 0 bridgehead atoms. The van der Waals surface area contributed by atoms with E-state index in [4.69, 9.17) is 9.84 Å². The van der Waals surface area contributed by atoms with Gasteiger partial charge in [0.05, 0.1) is 67.1 Å². The van der Waals surface area contributed by atoms with Gasteiger partial charge in [0, 0.05) is 31.3 Å². The van der Waals surface area contributed by atoms with E-state index in [1.165, 1.54) is 20.8 Å². The Kier molecular flexibility index (Phi) is 17.1. The van der Waals surface area contributed by atoms with Crippen LogP contribution >= 0.6 is 0 Å². The van der Waals surface area contributed by atoms with E-state index < -0.39 is 79.0 Å². The average Bonchev–Trinajstić information content (AvgIpc) is 2.88. The summed E-state index contributed by atoms with van der Waals surface area (Å²) in [7, 11) is 0. The molecule has 0 aliphatic carbocycles. The van der Waals surface area contributed by atoms with Crippen molar-refractivity contribution in [1.82, 2.24) is 0 Å². The fourth-order valence-electron chi connectivity index (χ4n) is 5.36. The Morgan fingerprint density at radius 1 is 0.625 bits per heavy atom. The van der Waals surface area contributed by atoms with E-state index in [1.807, 2.05) is 6.92 Å². The first-order valence-electron chi connectivity index (χ1n) is 14.7. The Morgan fingerprint density at radius 3 is 1.75 bits per heavy atom. The second kappa shape index (κ2) is 18.2. The fourth-order valence-corrected chi connectivity index (χ4v) is 5.36. The molecule has 15 atom stereocenters. The van der Waals surface area contributed by atoms with Crippen molar-refractivity contribution in [3.8, 4) is 0 Å². The number of rotatable bonds is 19. The maximum absolute atomic E-state index is 10.6. The van der Waals surface area contributed by atoms with Crippen molar-refractivity contribution in [3.05, 3.63) is 0 Å².